The molecule has 3 nitrogen and oxygen atoms in total. The highest BCUT2D eigenvalue weighted by Gasteiger charge is 2.51. The molecule has 2 aliphatic heterocycles. The van der Waals surface area contributed by atoms with Crippen molar-refractivity contribution in [3.05, 3.63) is 0 Å². The molecule has 3 atom stereocenters. The standard InChI is InChI=1S/C15H26N2OS/c1-14(2)6-11-7-15(3,9-14)10-17(11)13(18)12-8-19-5-4-16-12/h11-12,16H,4-10H2,1-3H3. The zero-order valence-corrected chi connectivity index (χ0v) is 13.2. The largest absolute Gasteiger partial charge is 0.338 e. The van der Waals surface area contributed by atoms with Crippen molar-refractivity contribution in [2.24, 2.45) is 10.8 Å². The van der Waals surface area contributed by atoms with Gasteiger partial charge in [-0.2, -0.15) is 11.8 Å². The van der Waals surface area contributed by atoms with E-state index in [-0.39, 0.29) is 6.04 Å². The molecule has 0 aromatic heterocycles. The number of fused-ring (bicyclic) bond motifs is 2. The van der Waals surface area contributed by atoms with Crippen LogP contribution in [0.2, 0.25) is 0 Å². The van der Waals surface area contributed by atoms with E-state index in [9.17, 15) is 4.79 Å². The molecule has 3 rings (SSSR count). The summed E-state index contributed by atoms with van der Waals surface area (Å²) in [6, 6.07) is 0.541. The van der Waals surface area contributed by atoms with Gasteiger partial charge < -0.3 is 10.2 Å². The summed E-state index contributed by atoms with van der Waals surface area (Å²) in [7, 11) is 0. The first kappa shape index (κ1) is 13.7. The van der Waals surface area contributed by atoms with Gasteiger partial charge in [-0.05, 0) is 30.1 Å². The van der Waals surface area contributed by atoms with E-state index in [4.69, 9.17) is 0 Å². The molecular weight excluding hydrogens is 256 g/mol. The van der Waals surface area contributed by atoms with Crippen LogP contribution in [-0.4, -0.2) is 47.5 Å². The highest BCUT2D eigenvalue weighted by atomic mass is 32.2. The molecule has 19 heavy (non-hydrogen) atoms. The monoisotopic (exact) mass is 282 g/mol. The second kappa shape index (κ2) is 4.66. The molecule has 0 spiro atoms. The van der Waals surface area contributed by atoms with Gasteiger partial charge in [-0.15, -0.1) is 0 Å². The summed E-state index contributed by atoms with van der Waals surface area (Å²) in [6.45, 7) is 9.04. The van der Waals surface area contributed by atoms with E-state index < -0.39 is 0 Å². The molecule has 1 amide bonds. The van der Waals surface area contributed by atoms with Crippen LogP contribution in [0.3, 0.4) is 0 Å². The maximum Gasteiger partial charge on any atom is 0.240 e. The fraction of sp³-hybridized carbons (Fsp3) is 0.933. The van der Waals surface area contributed by atoms with E-state index in [2.05, 4.69) is 31.0 Å². The van der Waals surface area contributed by atoms with Gasteiger partial charge in [-0.25, -0.2) is 0 Å². The lowest BCUT2D eigenvalue weighted by Gasteiger charge is -2.39. The minimum absolute atomic E-state index is 0.0600. The minimum atomic E-state index is 0.0600. The summed E-state index contributed by atoms with van der Waals surface area (Å²) in [5, 5.41) is 3.40. The molecule has 0 aromatic rings. The van der Waals surface area contributed by atoms with Crippen LogP contribution in [0, 0.1) is 10.8 Å². The third kappa shape index (κ3) is 2.66. The van der Waals surface area contributed by atoms with E-state index in [1.807, 2.05) is 11.8 Å². The quantitative estimate of drug-likeness (QED) is 0.799. The van der Waals surface area contributed by atoms with Crippen LogP contribution in [0.15, 0.2) is 0 Å². The topological polar surface area (TPSA) is 32.3 Å². The molecule has 3 aliphatic rings. The molecule has 4 heteroatoms. The van der Waals surface area contributed by atoms with Crippen LogP contribution in [0.1, 0.15) is 40.0 Å². The zero-order valence-electron chi connectivity index (χ0n) is 12.4. The van der Waals surface area contributed by atoms with Crippen molar-refractivity contribution in [3.8, 4) is 0 Å². The first-order valence-electron chi connectivity index (χ1n) is 7.50. The normalized spacial score (nSPS) is 41.3. The van der Waals surface area contributed by atoms with Crippen molar-refractivity contribution in [1.82, 2.24) is 10.2 Å². The lowest BCUT2D eigenvalue weighted by molar-refractivity contribution is -0.134. The minimum Gasteiger partial charge on any atom is -0.338 e. The second-order valence-corrected chi connectivity index (χ2v) is 8.91. The van der Waals surface area contributed by atoms with E-state index in [0.717, 1.165) is 24.6 Å². The first-order valence-corrected chi connectivity index (χ1v) is 8.66. The summed E-state index contributed by atoms with van der Waals surface area (Å²) in [6.07, 6.45) is 3.64. The van der Waals surface area contributed by atoms with E-state index in [1.54, 1.807) is 0 Å². The molecule has 3 fully saturated rings. The SMILES string of the molecule is CC1(C)CC2CC(C)(CN2C(=O)C2CSCCN2)C1. The van der Waals surface area contributed by atoms with Gasteiger partial charge in [0.2, 0.25) is 5.91 Å². The Bertz CT molecular complexity index is 378. The molecule has 2 heterocycles. The first-order chi connectivity index (χ1) is 8.89. The van der Waals surface area contributed by atoms with Gasteiger partial charge in [-0.1, -0.05) is 20.8 Å². The van der Waals surface area contributed by atoms with Crippen molar-refractivity contribution in [2.75, 3.05) is 24.6 Å². The van der Waals surface area contributed by atoms with Gasteiger partial charge in [0.1, 0.15) is 0 Å². The smallest absolute Gasteiger partial charge is 0.240 e. The number of nitrogens with one attached hydrogen (secondary N) is 1. The summed E-state index contributed by atoms with van der Waals surface area (Å²) in [5.74, 6) is 2.44. The number of hydrogen-bond donors (Lipinski definition) is 1. The van der Waals surface area contributed by atoms with Crippen molar-refractivity contribution >= 4 is 17.7 Å². The van der Waals surface area contributed by atoms with Gasteiger partial charge in [0.25, 0.3) is 0 Å². The Morgan fingerprint density at radius 3 is 2.79 bits per heavy atom. The third-order valence-electron chi connectivity index (χ3n) is 4.92. The fourth-order valence-corrected chi connectivity index (χ4v) is 5.57. The van der Waals surface area contributed by atoms with Gasteiger partial charge in [0.15, 0.2) is 0 Å². The van der Waals surface area contributed by atoms with E-state index in [1.165, 1.54) is 19.3 Å². The van der Waals surface area contributed by atoms with Crippen LogP contribution in [0.25, 0.3) is 0 Å². The Morgan fingerprint density at radius 2 is 2.11 bits per heavy atom. The van der Waals surface area contributed by atoms with E-state index in [0.29, 0.717) is 22.8 Å². The molecule has 3 unspecified atom stereocenters. The van der Waals surface area contributed by atoms with Crippen LogP contribution < -0.4 is 5.32 Å². The second-order valence-electron chi connectivity index (χ2n) is 7.76. The van der Waals surface area contributed by atoms with Crippen molar-refractivity contribution in [2.45, 2.75) is 52.1 Å². The molecule has 1 aliphatic carbocycles. The molecule has 0 radical (unpaired) electrons. The van der Waals surface area contributed by atoms with Gasteiger partial charge in [0.05, 0.1) is 6.04 Å². The number of rotatable bonds is 1. The number of hydrogen-bond acceptors (Lipinski definition) is 3. The number of carbonyl (C=O) groups excluding carboxylic acids is 1. The highest BCUT2D eigenvalue weighted by Crippen LogP contribution is 2.52. The number of likely N-dealkylation sites (tertiary alicyclic amines) is 1. The lowest BCUT2D eigenvalue weighted by atomic mass is 9.65. The van der Waals surface area contributed by atoms with Crippen molar-refractivity contribution < 1.29 is 4.79 Å². The van der Waals surface area contributed by atoms with Gasteiger partial charge in [0, 0.05) is 30.6 Å². The van der Waals surface area contributed by atoms with Crippen LogP contribution in [-0.2, 0) is 4.79 Å². The summed E-state index contributed by atoms with van der Waals surface area (Å²) in [4.78, 5) is 15.0. The average molecular weight is 282 g/mol. The average Bonchev–Trinajstić information content (AvgIpc) is 2.59. The third-order valence-corrected chi connectivity index (χ3v) is 5.98. The van der Waals surface area contributed by atoms with Gasteiger partial charge >= 0.3 is 0 Å². The fourth-order valence-electron chi connectivity index (χ4n) is 4.64. The molecule has 0 aromatic carbocycles. The summed E-state index contributed by atoms with van der Waals surface area (Å²) < 4.78 is 0. The number of amides is 1. The Kier molecular flexibility index (Phi) is 3.37. The molecule has 1 saturated carbocycles. The van der Waals surface area contributed by atoms with Crippen LogP contribution in [0.4, 0.5) is 0 Å². The number of carbonyl (C=O) groups is 1. The Balaban J connectivity index is 1.74. The summed E-state index contributed by atoms with van der Waals surface area (Å²) >= 11 is 1.90. The molecule has 2 saturated heterocycles. The maximum atomic E-state index is 12.7. The number of thioether (sulfide) groups is 1. The lowest BCUT2D eigenvalue weighted by Crippen LogP contribution is -2.52. The Hall–Kier alpha value is -0.220. The van der Waals surface area contributed by atoms with Crippen molar-refractivity contribution in [1.29, 1.82) is 0 Å². The predicted molar refractivity (Wildman–Crippen MR) is 80.4 cm³/mol. The molecular formula is C15H26N2OS. The maximum absolute atomic E-state index is 12.7. The molecule has 2 bridgehead atoms. The van der Waals surface area contributed by atoms with E-state index >= 15 is 0 Å². The highest BCUT2D eigenvalue weighted by molar-refractivity contribution is 7.99. The van der Waals surface area contributed by atoms with Crippen LogP contribution in [0.5, 0.6) is 0 Å². The molecule has 108 valence electrons. The zero-order chi connectivity index (χ0) is 13.7. The molecule has 1 N–H and O–H groups in total. The Labute approximate surface area is 120 Å². The Morgan fingerprint density at radius 1 is 1.32 bits per heavy atom. The predicted octanol–water partition coefficient (Wildman–Crippen LogP) is 2.12. The van der Waals surface area contributed by atoms with Crippen molar-refractivity contribution in [3.63, 3.8) is 0 Å². The van der Waals surface area contributed by atoms with Gasteiger partial charge in [-0.3, -0.25) is 4.79 Å². The summed E-state index contributed by atoms with van der Waals surface area (Å²) in [5.41, 5.74) is 0.741. The number of nitrogens with zero attached hydrogens (tertiary/aromatic N) is 1. The van der Waals surface area contributed by atoms with Crippen LogP contribution >= 0.6 is 11.8 Å².